The molecule has 5 nitrogen and oxygen atoms in total. The molecule has 7 heteroatoms. The summed E-state index contributed by atoms with van der Waals surface area (Å²) in [6.45, 7) is -0.0947. The number of nitrogens with one attached hydrogen (secondary N) is 1. The Labute approximate surface area is 104 Å². The summed E-state index contributed by atoms with van der Waals surface area (Å²) in [4.78, 5) is -0.628. The Hall–Kier alpha value is -1.44. The van der Waals surface area contributed by atoms with Crippen molar-refractivity contribution in [2.45, 2.75) is 19.1 Å². The van der Waals surface area contributed by atoms with Gasteiger partial charge in [-0.05, 0) is 24.6 Å². The van der Waals surface area contributed by atoms with E-state index < -0.39 is 26.9 Å². The molecule has 1 aromatic heterocycles. The van der Waals surface area contributed by atoms with Gasteiger partial charge >= 0.3 is 0 Å². The normalized spacial score (nSPS) is 20.4. The van der Waals surface area contributed by atoms with E-state index in [0.29, 0.717) is 5.76 Å². The summed E-state index contributed by atoms with van der Waals surface area (Å²) in [6.07, 6.45) is 2.54. The smallest absolute Gasteiger partial charge is 0.242 e. The lowest BCUT2D eigenvalue weighted by Crippen LogP contribution is -2.31. The van der Waals surface area contributed by atoms with Crippen molar-refractivity contribution in [3.8, 4) is 0 Å². The summed E-state index contributed by atoms with van der Waals surface area (Å²) in [7, 11) is -4.06. The Balaban J connectivity index is 2.18. The molecule has 1 aliphatic carbocycles. The highest BCUT2D eigenvalue weighted by molar-refractivity contribution is 7.93. The van der Waals surface area contributed by atoms with Crippen molar-refractivity contribution in [3.05, 3.63) is 47.0 Å². The van der Waals surface area contributed by atoms with Gasteiger partial charge in [-0.2, -0.15) is 0 Å². The monoisotopic (exact) mass is 273 g/mol. The van der Waals surface area contributed by atoms with E-state index in [-0.39, 0.29) is 13.0 Å². The van der Waals surface area contributed by atoms with E-state index in [4.69, 9.17) is 4.42 Å². The highest BCUT2D eigenvalue weighted by Gasteiger charge is 2.30. The van der Waals surface area contributed by atoms with Crippen LogP contribution in [0.4, 0.5) is 4.39 Å². The van der Waals surface area contributed by atoms with Crippen LogP contribution in [0.2, 0.25) is 0 Å². The first-order valence-electron chi connectivity index (χ1n) is 5.27. The van der Waals surface area contributed by atoms with Gasteiger partial charge in [0, 0.05) is 0 Å². The third kappa shape index (κ3) is 2.69. The maximum absolute atomic E-state index is 13.5. The molecule has 0 unspecified atom stereocenters. The van der Waals surface area contributed by atoms with Gasteiger partial charge in [0.2, 0.25) is 10.0 Å². The summed E-state index contributed by atoms with van der Waals surface area (Å²) in [5.74, 6) is -0.541. The predicted octanol–water partition coefficient (Wildman–Crippen LogP) is 1.20. The molecule has 0 amide bonds. The molecule has 1 aliphatic rings. The number of halogens is 1. The lowest BCUT2D eigenvalue weighted by Gasteiger charge is -2.17. The Morgan fingerprint density at radius 1 is 1.56 bits per heavy atom. The summed E-state index contributed by atoms with van der Waals surface area (Å²) in [6, 6.07) is 3.20. The van der Waals surface area contributed by atoms with E-state index in [9.17, 15) is 17.9 Å². The van der Waals surface area contributed by atoms with Gasteiger partial charge < -0.3 is 9.52 Å². The molecule has 0 saturated heterocycles. The number of aliphatic hydroxyl groups excluding tert-OH is 1. The van der Waals surface area contributed by atoms with Crippen molar-refractivity contribution in [3.63, 3.8) is 0 Å². The fraction of sp³-hybridized carbons (Fsp3) is 0.273. The molecule has 0 aliphatic heterocycles. The fourth-order valence-electron chi connectivity index (χ4n) is 1.61. The van der Waals surface area contributed by atoms with Crippen LogP contribution in [0.25, 0.3) is 0 Å². The lowest BCUT2D eigenvalue weighted by atomic mass is 10.1. The Bertz CT molecular complexity index is 574. The summed E-state index contributed by atoms with van der Waals surface area (Å²) < 4.78 is 44.3. The van der Waals surface area contributed by atoms with Crippen LogP contribution in [0.5, 0.6) is 0 Å². The molecule has 0 radical (unpaired) electrons. The molecule has 0 bridgehead atoms. The second kappa shape index (κ2) is 5.05. The van der Waals surface area contributed by atoms with Crippen molar-refractivity contribution in [1.29, 1.82) is 0 Å². The van der Waals surface area contributed by atoms with Gasteiger partial charge in [0.25, 0.3) is 0 Å². The molecule has 2 N–H and O–H groups in total. The van der Waals surface area contributed by atoms with Crippen LogP contribution in [-0.2, 0) is 16.6 Å². The summed E-state index contributed by atoms with van der Waals surface area (Å²) in [5, 5.41) is 9.54. The van der Waals surface area contributed by atoms with Crippen LogP contribution in [0.1, 0.15) is 12.2 Å². The molecule has 0 spiro atoms. The second-order valence-corrected chi connectivity index (χ2v) is 5.51. The molecule has 2 rings (SSSR count). The zero-order valence-corrected chi connectivity index (χ0v) is 10.2. The first kappa shape index (κ1) is 13.0. The van der Waals surface area contributed by atoms with E-state index in [1.807, 2.05) is 0 Å². The van der Waals surface area contributed by atoms with Gasteiger partial charge in [0.15, 0.2) is 0 Å². The Kier molecular flexibility index (Phi) is 3.65. The number of sulfonamides is 1. The SMILES string of the molecule is O=S(=O)(NCc1ccco1)C1=C(F)C=CC[C@H]1O. The molecule has 1 heterocycles. The molecule has 0 fully saturated rings. The highest BCUT2D eigenvalue weighted by atomic mass is 32.2. The van der Waals surface area contributed by atoms with Crippen LogP contribution in [0, 0.1) is 0 Å². The molecular weight excluding hydrogens is 261 g/mol. The average molecular weight is 273 g/mol. The maximum Gasteiger partial charge on any atom is 0.242 e. The molecule has 0 saturated carbocycles. The summed E-state index contributed by atoms with van der Waals surface area (Å²) >= 11 is 0. The second-order valence-electron chi connectivity index (χ2n) is 3.77. The van der Waals surface area contributed by atoms with Crippen LogP contribution < -0.4 is 4.72 Å². The van der Waals surface area contributed by atoms with E-state index in [1.165, 1.54) is 12.3 Å². The van der Waals surface area contributed by atoms with Crippen molar-refractivity contribution < 1.29 is 22.3 Å². The summed E-state index contributed by atoms with van der Waals surface area (Å²) in [5.41, 5.74) is 0. The topological polar surface area (TPSA) is 79.5 Å². The molecule has 18 heavy (non-hydrogen) atoms. The van der Waals surface area contributed by atoms with Crippen molar-refractivity contribution in [2.24, 2.45) is 0 Å². The number of allylic oxidation sites excluding steroid dienone is 2. The third-order valence-electron chi connectivity index (χ3n) is 2.47. The van der Waals surface area contributed by atoms with Crippen LogP contribution in [0.3, 0.4) is 0 Å². The van der Waals surface area contributed by atoms with Gasteiger partial charge in [-0.15, -0.1) is 0 Å². The number of rotatable bonds is 4. The number of furan rings is 1. The van der Waals surface area contributed by atoms with E-state index >= 15 is 0 Å². The van der Waals surface area contributed by atoms with Crippen LogP contribution in [0.15, 0.2) is 45.7 Å². The number of hydrogen-bond donors (Lipinski definition) is 2. The van der Waals surface area contributed by atoms with Crippen molar-refractivity contribution in [1.82, 2.24) is 4.72 Å². The van der Waals surface area contributed by atoms with Gasteiger partial charge in [-0.3, -0.25) is 0 Å². The molecule has 1 atom stereocenters. The van der Waals surface area contributed by atoms with Crippen molar-refractivity contribution >= 4 is 10.0 Å². The molecular formula is C11H12FNO4S. The lowest BCUT2D eigenvalue weighted by molar-refractivity contribution is 0.216. The van der Waals surface area contributed by atoms with E-state index in [1.54, 1.807) is 12.1 Å². The van der Waals surface area contributed by atoms with Gasteiger partial charge in [-0.1, -0.05) is 6.08 Å². The minimum atomic E-state index is -4.06. The van der Waals surface area contributed by atoms with Crippen molar-refractivity contribution in [2.75, 3.05) is 0 Å². The quantitative estimate of drug-likeness (QED) is 0.864. The maximum atomic E-state index is 13.5. The van der Waals surface area contributed by atoms with Crippen LogP contribution >= 0.6 is 0 Å². The number of aliphatic hydroxyl groups is 1. The molecule has 98 valence electrons. The molecule has 1 aromatic rings. The minimum Gasteiger partial charge on any atom is -0.468 e. The Morgan fingerprint density at radius 2 is 2.33 bits per heavy atom. The largest absolute Gasteiger partial charge is 0.468 e. The van der Waals surface area contributed by atoms with Gasteiger partial charge in [-0.25, -0.2) is 17.5 Å². The van der Waals surface area contributed by atoms with E-state index in [0.717, 1.165) is 6.08 Å². The molecule has 0 aromatic carbocycles. The third-order valence-corrected chi connectivity index (χ3v) is 4.04. The average Bonchev–Trinajstić information content (AvgIpc) is 2.78. The fourth-order valence-corrected chi connectivity index (χ4v) is 2.88. The Morgan fingerprint density at radius 3 is 2.94 bits per heavy atom. The minimum absolute atomic E-state index is 0.0738. The van der Waals surface area contributed by atoms with Gasteiger partial charge in [0.1, 0.15) is 16.5 Å². The first-order chi connectivity index (χ1) is 8.50. The number of hydrogen-bond acceptors (Lipinski definition) is 4. The van der Waals surface area contributed by atoms with E-state index in [2.05, 4.69) is 4.72 Å². The standard InChI is InChI=1S/C11H12FNO4S/c12-9-4-1-5-10(14)11(9)18(15,16)13-7-8-3-2-6-17-8/h1-4,6,10,13-14H,5,7H2/t10-/m1/s1. The zero-order valence-electron chi connectivity index (χ0n) is 9.34. The predicted molar refractivity (Wildman–Crippen MR) is 62.4 cm³/mol. The van der Waals surface area contributed by atoms with Crippen LogP contribution in [-0.4, -0.2) is 19.6 Å². The zero-order chi connectivity index (χ0) is 13.2. The van der Waals surface area contributed by atoms with Gasteiger partial charge in [0.05, 0.1) is 18.9 Å². The first-order valence-corrected chi connectivity index (χ1v) is 6.75. The highest BCUT2D eigenvalue weighted by Crippen LogP contribution is 2.24.